The molecule has 6 atom stereocenters. The number of benzene rings is 3. The van der Waals surface area contributed by atoms with Crippen LogP contribution in [-0.2, 0) is 29.3 Å². The fraction of sp³-hybridized carbons (Fsp3) is 0.286. The first-order valence-corrected chi connectivity index (χ1v) is 16.5. The Morgan fingerprint density at radius 1 is 0.898 bits per heavy atom. The fourth-order valence-electron chi connectivity index (χ4n) is 8.21. The standard InChI is InChI=1S/C35H28Cl3N3O8/c1-48-19-7-3-16(4-8-19)35-24(31(44)41(33(35)46)39-27-12-5-17(36)13-26(27)38)15-23-20(29(35)21-9-6-18(42)14-25(21)37)10-11-22-28(23)32(45)40(30(22)43)34(47)49-2/h3-10,12-14,22-24,28-29,39,42H,11,15H2,1-2H3/t22-,23+,24-,28-,29+,35+/m0/s1. The molecule has 0 spiro atoms. The molecule has 14 heteroatoms. The molecule has 49 heavy (non-hydrogen) atoms. The molecule has 1 saturated carbocycles. The van der Waals surface area contributed by atoms with Gasteiger partial charge >= 0.3 is 6.09 Å². The molecule has 2 aliphatic heterocycles. The summed E-state index contributed by atoms with van der Waals surface area (Å²) in [6.07, 6.45) is 0.803. The first-order valence-electron chi connectivity index (χ1n) is 15.3. The van der Waals surface area contributed by atoms with Gasteiger partial charge in [-0.25, -0.2) is 4.79 Å². The van der Waals surface area contributed by atoms with Crippen LogP contribution in [0.25, 0.3) is 0 Å². The molecular weight excluding hydrogens is 697 g/mol. The number of hydrazine groups is 1. The highest BCUT2D eigenvalue weighted by molar-refractivity contribution is 6.36. The number of likely N-dealkylation sites (tertiary alicyclic amines) is 1. The summed E-state index contributed by atoms with van der Waals surface area (Å²) in [5.74, 6) is -6.91. The summed E-state index contributed by atoms with van der Waals surface area (Å²) in [5.41, 5.74) is 3.03. The van der Waals surface area contributed by atoms with E-state index >= 15 is 4.79 Å². The van der Waals surface area contributed by atoms with Crippen LogP contribution in [0.3, 0.4) is 0 Å². The van der Waals surface area contributed by atoms with Gasteiger partial charge in [-0.15, -0.1) is 0 Å². The number of phenolic OH excluding ortho intramolecular Hbond substituents is 1. The summed E-state index contributed by atoms with van der Waals surface area (Å²) >= 11 is 19.4. The maximum Gasteiger partial charge on any atom is 0.423 e. The van der Waals surface area contributed by atoms with Crippen molar-refractivity contribution in [3.8, 4) is 11.5 Å². The fourth-order valence-corrected chi connectivity index (χ4v) is 8.94. The molecule has 3 fully saturated rings. The zero-order chi connectivity index (χ0) is 34.9. The van der Waals surface area contributed by atoms with E-state index in [0.717, 1.165) is 12.1 Å². The van der Waals surface area contributed by atoms with Gasteiger partial charge in [0.1, 0.15) is 11.5 Å². The number of carbonyl (C=O) groups is 5. The highest BCUT2D eigenvalue weighted by Crippen LogP contribution is 2.65. The van der Waals surface area contributed by atoms with Crippen LogP contribution in [0, 0.1) is 23.7 Å². The van der Waals surface area contributed by atoms with Crippen molar-refractivity contribution < 1.29 is 38.6 Å². The van der Waals surface area contributed by atoms with E-state index in [4.69, 9.17) is 44.3 Å². The van der Waals surface area contributed by atoms with E-state index in [1.807, 2.05) is 6.08 Å². The molecule has 5 amide bonds. The van der Waals surface area contributed by atoms with E-state index in [1.54, 1.807) is 42.5 Å². The number of hydrogen-bond acceptors (Lipinski definition) is 9. The minimum absolute atomic E-state index is 0.0175. The predicted molar refractivity (Wildman–Crippen MR) is 178 cm³/mol. The summed E-state index contributed by atoms with van der Waals surface area (Å²) in [5, 5.41) is 11.9. The van der Waals surface area contributed by atoms with Crippen LogP contribution >= 0.6 is 34.8 Å². The van der Waals surface area contributed by atoms with Crippen LogP contribution in [0.4, 0.5) is 10.5 Å². The van der Waals surface area contributed by atoms with E-state index in [0.29, 0.717) is 32.4 Å². The Morgan fingerprint density at radius 2 is 1.63 bits per heavy atom. The van der Waals surface area contributed by atoms with Crippen molar-refractivity contribution >= 4 is 70.2 Å². The van der Waals surface area contributed by atoms with Crippen molar-refractivity contribution in [2.24, 2.45) is 23.7 Å². The third-order valence-electron chi connectivity index (χ3n) is 10.2. The van der Waals surface area contributed by atoms with Gasteiger partial charge in [-0.05, 0) is 72.4 Å². The molecule has 2 heterocycles. The molecule has 2 saturated heterocycles. The molecule has 3 aromatic rings. The molecule has 0 bridgehead atoms. The number of rotatable bonds is 5. The van der Waals surface area contributed by atoms with Gasteiger partial charge < -0.3 is 14.6 Å². The van der Waals surface area contributed by atoms with Crippen LogP contribution in [-0.4, -0.2) is 59.0 Å². The molecule has 7 rings (SSSR count). The van der Waals surface area contributed by atoms with Gasteiger partial charge in [-0.1, -0.05) is 64.7 Å². The molecule has 3 aromatic carbocycles. The first-order chi connectivity index (χ1) is 23.4. The van der Waals surface area contributed by atoms with Crippen molar-refractivity contribution in [3.05, 3.63) is 98.5 Å². The number of phenols is 1. The van der Waals surface area contributed by atoms with E-state index in [9.17, 15) is 24.3 Å². The number of imide groups is 4. The number of anilines is 1. The Labute approximate surface area is 295 Å². The smallest absolute Gasteiger partial charge is 0.423 e. The van der Waals surface area contributed by atoms with Crippen molar-refractivity contribution in [1.29, 1.82) is 0 Å². The Morgan fingerprint density at radius 3 is 2.29 bits per heavy atom. The Bertz CT molecular complexity index is 1980. The molecule has 11 nitrogen and oxygen atoms in total. The van der Waals surface area contributed by atoms with Gasteiger partial charge in [-0.3, -0.25) is 24.6 Å². The average molecular weight is 725 g/mol. The summed E-state index contributed by atoms with van der Waals surface area (Å²) in [7, 11) is 2.59. The van der Waals surface area contributed by atoms with Gasteiger partial charge in [0.15, 0.2) is 0 Å². The molecule has 2 aliphatic carbocycles. The Kier molecular flexibility index (Phi) is 8.12. The normalized spacial score (nSPS) is 27.4. The molecular formula is C35H28Cl3N3O8. The van der Waals surface area contributed by atoms with Crippen LogP contribution in [0.15, 0.2) is 72.3 Å². The lowest BCUT2D eigenvalue weighted by Crippen LogP contribution is -2.53. The third kappa shape index (κ3) is 4.81. The van der Waals surface area contributed by atoms with Crippen molar-refractivity contribution in [1.82, 2.24) is 9.91 Å². The predicted octanol–water partition coefficient (Wildman–Crippen LogP) is 6.11. The Balaban J connectivity index is 1.47. The number of allylic oxidation sites excluding steroid dienone is 2. The molecule has 0 radical (unpaired) electrons. The van der Waals surface area contributed by atoms with E-state index in [-0.39, 0.29) is 34.3 Å². The number of fused-ring (bicyclic) bond motifs is 4. The first kappa shape index (κ1) is 32.9. The molecule has 0 aromatic heterocycles. The Hall–Kier alpha value is -4.58. The SMILES string of the molecule is COC(=O)N1C(=O)[C@H]2[C@H](CC=C3[C@H]2C[C@H]2C(=O)N(Nc4ccc(Cl)cc4Cl)C(=O)[C@@]2(c2ccc(OC)cc2)[C@H]3c2ccc(O)cc2Cl)C1=O. The van der Waals surface area contributed by atoms with Crippen molar-refractivity contribution in [2.75, 3.05) is 19.6 Å². The van der Waals surface area contributed by atoms with Gasteiger partial charge in [0, 0.05) is 16.0 Å². The zero-order valence-corrected chi connectivity index (χ0v) is 28.3. The van der Waals surface area contributed by atoms with Crippen LogP contribution in [0.2, 0.25) is 15.1 Å². The number of aromatic hydroxyl groups is 1. The number of halogens is 3. The molecule has 0 unspecified atom stereocenters. The van der Waals surface area contributed by atoms with Crippen LogP contribution in [0.1, 0.15) is 29.9 Å². The minimum atomic E-state index is -1.64. The highest BCUT2D eigenvalue weighted by Gasteiger charge is 2.71. The van der Waals surface area contributed by atoms with E-state index in [2.05, 4.69) is 5.43 Å². The number of nitrogens with one attached hydrogen (secondary N) is 1. The maximum atomic E-state index is 15.2. The maximum absolute atomic E-state index is 15.2. The lowest BCUT2D eigenvalue weighted by molar-refractivity contribution is -0.140. The second-order valence-electron chi connectivity index (χ2n) is 12.4. The highest BCUT2D eigenvalue weighted by atomic mass is 35.5. The molecule has 4 aliphatic rings. The van der Waals surface area contributed by atoms with Gasteiger partial charge in [0.25, 0.3) is 11.8 Å². The van der Waals surface area contributed by atoms with Gasteiger partial charge in [0.05, 0.1) is 48.1 Å². The van der Waals surface area contributed by atoms with E-state index in [1.165, 1.54) is 25.3 Å². The number of amides is 5. The number of methoxy groups -OCH3 is 2. The number of hydrogen-bond donors (Lipinski definition) is 2. The lowest BCUT2D eigenvalue weighted by Gasteiger charge is -2.50. The number of nitrogens with zero attached hydrogens (tertiary/aromatic N) is 2. The van der Waals surface area contributed by atoms with Crippen molar-refractivity contribution in [3.63, 3.8) is 0 Å². The topological polar surface area (TPSA) is 143 Å². The average Bonchev–Trinajstić information content (AvgIpc) is 3.46. The van der Waals surface area contributed by atoms with Gasteiger partial charge in [0.2, 0.25) is 11.8 Å². The van der Waals surface area contributed by atoms with Gasteiger partial charge in [-0.2, -0.15) is 9.91 Å². The molecule has 252 valence electrons. The second-order valence-corrected chi connectivity index (χ2v) is 13.7. The number of ether oxygens (including phenoxy) is 2. The summed E-state index contributed by atoms with van der Waals surface area (Å²) in [4.78, 5) is 70.3. The van der Waals surface area contributed by atoms with Crippen LogP contribution in [0.5, 0.6) is 11.5 Å². The number of carbonyl (C=O) groups excluding carboxylic acids is 5. The molecule has 2 N–H and O–H groups in total. The minimum Gasteiger partial charge on any atom is -0.508 e. The third-order valence-corrected chi connectivity index (χ3v) is 11.1. The largest absolute Gasteiger partial charge is 0.508 e. The summed E-state index contributed by atoms with van der Waals surface area (Å²) < 4.78 is 10.2. The van der Waals surface area contributed by atoms with Crippen molar-refractivity contribution in [2.45, 2.75) is 24.2 Å². The van der Waals surface area contributed by atoms with E-state index < -0.39 is 64.7 Å². The monoisotopic (exact) mass is 723 g/mol. The quantitative estimate of drug-likeness (QED) is 0.235. The second kappa shape index (κ2) is 12.1. The van der Waals surface area contributed by atoms with Crippen LogP contribution < -0.4 is 10.2 Å². The lowest BCUT2D eigenvalue weighted by atomic mass is 9.49. The summed E-state index contributed by atoms with van der Waals surface area (Å²) in [6, 6.07) is 15.7. The summed E-state index contributed by atoms with van der Waals surface area (Å²) in [6.45, 7) is 0. The zero-order valence-electron chi connectivity index (χ0n) is 26.0.